The quantitative estimate of drug-likeness (QED) is 0.659. The van der Waals surface area contributed by atoms with Crippen molar-refractivity contribution in [1.29, 1.82) is 0 Å². The Morgan fingerprint density at radius 3 is 2.52 bits per heavy atom. The minimum Gasteiger partial charge on any atom is -0.444 e. The molecule has 8 nitrogen and oxygen atoms in total. The van der Waals surface area contributed by atoms with E-state index < -0.39 is 5.60 Å². The molecule has 3 heterocycles. The monoisotopic (exact) mass is 459 g/mol. The van der Waals surface area contributed by atoms with Gasteiger partial charge in [0, 0.05) is 45.2 Å². The predicted octanol–water partition coefficient (Wildman–Crippen LogP) is 4.36. The fourth-order valence-electron chi connectivity index (χ4n) is 4.88. The van der Waals surface area contributed by atoms with Gasteiger partial charge in [-0.2, -0.15) is 0 Å². The van der Waals surface area contributed by atoms with E-state index in [1.54, 1.807) is 4.90 Å². The fourth-order valence-corrected chi connectivity index (χ4v) is 4.88. The van der Waals surface area contributed by atoms with Gasteiger partial charge in [0.05, 0.1) is 5.69 Å². The summed E-state index contributed by atoms with van der Waals surface area (Å²) in [4.78, 5) is 35.2. The standard InChI is InChI=1S/C25H41N5O3/c1-23(2,3)15-30(18-31)19-9-10-20(27-21(19)26-7)28-13-8-11-25(16-28)12-14-29(17-25)22(32)33-24(4,5)6/h9-10,18H,8,11-17H2,1-7H3,(H,26,27). The van der Waals surface area contributed by atoms with Crippen LogP contribution in [-0.2, 0) is 9.53 Å². The van der Waals surface area contributed by atoms with E-state index in [1.807, 2.05) is 44.9 Å². The van der Waals surface area contributed by atoms with Crippen LogP contribution in [0.15, 0.2) is 12.1 Å². The van der Waals surface area contributed by atoms with Crippen molar-refractivity contribution >= 4 is 29.8 Å². The first-order valence-corrected chi connectivity index (χ1v) is 12.0. The van der Waals surface area contributed by atoms with Crippen molar-refractivity contribution in [3.8, 4) is 0 Å². The molecule has 1 atom stereocenters. The van der Waals surface area contributed by atoms with E-state index in [9.17, 15) is 9.59 Å². The molecule has 1 spiro atoms. The number of piperidine rings is 1. The summed E-state index contributed by atoms with van der Waals surface area (Å²) < 4.78 is 5.60. The summed E-state index contributed by atoms with van der Waals surface area (Å²) in [5, 5.41) is 3.17. The first-order valence-electron chi connectivity index (χ1n) is 12.0. The van der Waals surface area contributed by atoms with Crippen LogP contribution in [0.4, 0.5) is 22.1 Å². The molecule has 184 valence electrons. The lowest BCUT2D eigenvalue weighted by Crippen LogP contribution is -2.46. The molecule has 2 fully saturated rings. The third kappa shape index (κ3) is 6.30. The molecular formula is C25H41N5O3. The lowest BCUT2D eigenvalue weighted by atomic mass is 9.79. The summed E-state index contributed by atoms with van der Waals surface area (Å²) >= 11 is 0. The maximum Gasteiger partial charge on any atom is 0.410 e. The number of nitrogens with zero attached hydrogens (tertiary/aromatic N) is 4. The van der Waals surface area contributed by atoms with Crippen LogP contribution in [0.5, 0.6) is 0 Å². The van der Waals surface area contributed by atoms with Gasteiger partial charge in [-0.05, 0) is 57.6 Å². The Balaban J connectivity index is 1.75. The molecule has 0 aliphatic carbocycles. The zero-order chi connectivity index (χ0) is 24.4. The van der Waals surface area contributed by atoms with Crippen molar-refractivity contribution in [2.24, 2.45) is 10.8 Å². The smallest absolute Gasteiger partial charge is 0.410 e. The Hall–Kier alpha value is -2.51. The second-order valence-corrected chi connectivity index (χ2v) is 11.8. The van der Waals surface area contributed by atoms with Gasteiger partial charge in [-0.1, -0.05) is 20.8 Å². The topological polar surface area (TPSA) is 78.0 Å². The minimum absolute atomic E-state index is 0.0215. The van der Waals surface area contributed by atoms with Crippen LogP contribution < -0.4 is 15.1 Å². The SMILES string of the molecule is CNc1nc(N2CCCC3(CCN(C(=O)OC(C)(C)C)C3)C2)ccc1N(C=O)CC(C)(C)C. The highest BCUT2D eigenvalue weighted by Gasteiger charge is 2.44. The number of aromatic nitrogens is 1. The molecule has 0 bridgehead atoms. The minimum atomic E-state index is -0.483. The van der Waals surface area contributed by atoms with E-state index in [-0.39, 0.29) is 16.9 Å². The number of hydrogen-bond acceptors (Lipinski definition) is 6. The molecule has 0 aromatic carbocycles. The lowest BCUT2D eigenvalue weighted by molar-refractivity contribution is -0.107. The van der Waals surface area contributed by atoms with Crippen LogP contribution in [-0.4, -0.2) is 67.8 Å². The fraction of sp³-hybridized carbons (Fsp3) is 0.720. The molecule has 1 aromatic heterocycles. The van der Waals surface area contributed by atoms with Crippen LogP contribution in [0.1, 0.15) is 60.8 Å². The van der Waals surface area contributed by atoms with Gasteiger partial charge in [0.1, 0.15) is 11.4 Å². The van der Waals surface area contributed by atoms with Crippen molar-refractivity contribution in [1.82, 2.24) is 9.88 Å². The summed E-state index contributed by atoms with van der Waals surface area (Å²) in [5.74, 6) is 1.60. The van der Waals surface area contributed by atoms with Crippen LogP contribution in [0.25, 0.3) is 0 Å². The van der Waals surface area contributed by atoms with Crippen molar-refractivity contribution in [2.45, 2.75) is 66.4 Å². The van der Waals surface area contributed by atoms with Gasteiger partial charge in [0.15, 0.2) is 5.82 Å². The van der Waals surface area contributed by atoms with Crippen LogP contribution >= 0.6 is 0 Å². The highest BCUT2D eigenvalue weighted by molar-refractivity contribution is 5.82. The summed E-state index contributed by atoms with van der Waals surface area (Å²) in [6.45, 7) is 15.9. The van der Waals surface area contributed by atoms with Gasteiger partial charge < -0.3 is 24.8 Å². The molecule has 0 saturated carbocycles. The van der Waals surface area contributed by atoms with Crippen molar-refractivity contribution in [3.05, 3.63) is 12.1 Å². The summed E-state index contributed by atoms with van der Waals surface area (Å²) in [6.07, 6.45) is 3.80. The van der Waals surface area contributed by atoms with Crippen molar-refractivity contribution in [2.75, 3.05) is 54.9 Å². The molecule has 0 radical (unpaired) electrons. The van der Waals surface area contributed by atoms with E-state index in [0.29, 0.717) is 12.4 Å². The zero-order valence-electron chi connectivity index (χ0n) is 21.4. The Labute approximate surface area is 198 Å². The average molecular weight is 460 g/mol. The van der Waals surface area contributed by atoms with E-state index >= 15 is 0 Å². The van der Waals surface area contributed by atoms with E-state index in [4.69, 9.17) is 9.72 Å². The van der Waals surface area contributed by atoms with Crippen molar-refractivity contribution in [3.63, 3.8) is 0 Å². The number of nitrogens with one attached hydrogen (secondary N) is 1. The van der Waals surface area contributed by atoms with Gasteiger partial charge in [-0.15, -0.1) is 0 Å². The number of pyridine rings is 1. The molecule has 2 aliphatic rings. The number of rotatable bonds is 5. The molecule has 2 saturated heterocycles. The van der Waals surface area contributed by atoms with Gasteiger partial charge in [0.2, 0.25) is 6.41 Å². The first kappa shape index (κ1) is 25.1. The lowest BCUT2D eigenvalue weighted by Gasteiger charge is -2.41. The highest BCUT2D eigenvalue weighted by Crippen LogP contribution is 2.41. The normalized spacial score (nSPS) is 21.3. The maximum absolute atomic E-state index is 12.6. The number of amides is 2. The van der Waals surface area contributed by atoms with Crippen LogP contribution in [0.3, 0.4) is 0 Å². The highest BCUT2D eigenvalue weighted by atomic mass is 16.6. The second-order valence-electron chi connectivity index (χ2n) is 11.8. The van der Waals surface area contributed by atoms with Gasteiger partial charge in [0.25, 0.3) is 0 Å². The Morgan fingerprint density at radius 2 is 1.91 bits per heavy atom. The maximum atomic E-state index is 12.6. The van der Waals surface area contributed by atoms with Gasteiger partial charge in [-0.25, -0.2) is 9.78 Å². The Kier molecular flexibility index (Phi) is 7.15. The molecular weight excluding hydrogens is 418 g/mol. The number of anilines is 3. The molecule has 2 aliphatic heterocycles. The van der Waals surface area contributed by atoms with E-state index in [1.165, 1.54) is 0 Å². The number of carbonyl (C=O) groups is 2. The number of carbonyl (C=O) groups excluding carboxylic acids is 2. The Morgan fingerprint density at radius 1 is 1.18 bits per heavy atom. The van der Waals surface area contributed by atoms with Gasteiger partial charge in [-0.3, -0.25) is 4.79 Å². The Bertz CT molecular complexity index is 861. The molecule has 2 amide bonds. The first-order chi connectivity index (χ1) is 15.3. The van der Waals surface area contributed by atoms with Crippen LogP contribution in [0, 0.1) is 10.8 Å². The third-order valence-corrected chi connectivity index (χ3v) is 6.25. The third-order valence-electron chi connectivity index (χ3n) is 6.25. The van der Waals surface area contributed by atoms with Gasteiger partial charge >= 0.3 is 6.09 Å². The molecule has 3 rings (SSSR count). The zero-order valence-corrected chi connectivity index (χ0v) is 21.4. The number of ether oxygens (including phenoxy) is 1. The molecule has 1 aromatic rings. The van der Waals surface area contributed by atoms with Crippen LogP contribution in [0.2, 0.25) is 0 Å². The average Bonchev–Trinajstić information content (AvgIpc) is 3.13. The number of hydrogen-bond donors (Lipinski definition) is 1. The van der Waals surface area contributed by atoms with Crippen molar-refractivity contribution < 1.29 is 14.3 Å². The largest absolute Gasteiger partial charge is 0.444 e. The summed E-state index contributed by atoms with van der Waals surface area (Å²) in [7, 11) is 1.84. The van der Waals surface area contributed by atoms with E-state index in [2.05, 4.69) is 31.0 Å². The second kappa shape index (κ2) is 9.39. The molecule has 1 N–H and O–H groups in total. The molecule has 33 heavy (non-hydrogen) atoms. The number of likely N-dealkylation sites (tertiary alicyclic amines) is 1. The molecule has 8 heteroatoms. The van der Waals surface area contributed by atoms with E-state index in [0.717, 1.165) is 63.4 Å². The summed E-state index contributed by atoms with van der Waals surface area (Å²) in [5.41, 5.74) is 0.348. The summed E-state index contributed by atoms with van der Waals surface area (Å²) in [6, 6.07) is 3.99. The molecule has 1 unspecified atom stereocenters. The predicted molar refractivity (Wildman–Crippen MR) is 133 cm³/mol.